The van der Waals surface area contributed by atoms with E-state index < -0.39 is 0 Å². The second kappa shape index (κ2) is 9.12. The number of benzene rings is 3. The SMILES string of the molecule is CC(C)(C)c1ccc2c(c1)Cc1c(CCCC3C=CCC3)c(C(C)(C)C)cc(-c3ccccc3)c1-2. The van der Waals surface area contributed by atoms with E-state index in [1.807, 2.05) is 0 Å². The van der Waals surface area contributed by atoms with Crippen molar-refractivity contribution in [1.29, 1.82) is 0 Å². The van der Waals surface area contributed by atoms with Crippen LogP contribution < -0.4 is 0 Å². The Balaban J connectivity index is 1.66. The van der Waals surface area contributed by atoms with E-state index in [-0.39, 0.29) is 10.8 Å². The molecule has 0 N–H and O–H groups in total. The highest BCUT2D eigenvalue weighted by atomic mass is 14.3. The summed E-state index contributed by atoms with van der Waals surface area (Å²) >= 11 is 0. The van der Waals surface area contributed by atoms with Crippen LogP contribution in [0.15, 0.2) is 66.7 Å². The summed E-state index contributed by atoms with van der Waals surface area (Å²) < 4.78 is 0. The van der Waals surface area contributed by atoms with Crippen LogP contribution in [0.3, 0.4) is 0 Å². The van der Waals surface area contributed by atoms with Gasteiger partial charge in [-0.15, -0.1) is 0 Å². The zero-order chi connectivity index (χ0) is 24.8. The fourth-order valence-electron chi connectivity index (χ4n) is 6.20. The molecule has 182 valence electrons. The zero-order valence-electron chi connectivity index (χ0n) is 22.7. The van der Waals surface area contributed by atoms with Crippen molar-refractivity contribution in [1.82, 2.24) is 0 Å². The second-order valence-electron chi connectivity index (χ2n) is 12.9. The van der Waals surface area contributed by atoms with Crippen molar-refractivity contribution < 1.29 is 0 Å². The van der Waals surface area contributed by atoms with Gasteiger partial charge in [0.15, 0.2) is 0 Å². The molecular formula is C35H42. The third kappa shape index (κ3) is 4.77. The predicted octanol–water partition coefficient (Wildman–Crippen LogP) is 9.81. The highest BCUT2D eigenvalue weighted by Gasteiger charge is 2.31. The van der Waals surface area contributed by atoms with Crippen molar-refractivity contribution in [3.8, 4) is 22.3 Å². The van der Waals surface area contributed by atoms with Crippen molar-refractivity contribution in [3.05, 3.63) is 94.6 Å². The van der Waals surface area contributed by atoms with Gasteiger partial charge < -0.3 is 0 Å². The number of hydrogen-bond acceptors (Lipinski definition) is 0. The first-order chi connectivity index (χ1) is 16.6. The summed E-state index contributed by atoms with van der Waals surface area (Å²) in [5, 5.41) is 0. The minimum absolute atomic E-state index is 0.118. The molecule has 2 aliphatic rings. The monoisotopic (exact) mass is 462 g/mol. The maximum Gasteiger partial charge on any atom is -0.00103 e. The molecule has 3 aromatic carbocycles. The largest absolute Gasteiger partial charge is 0.0882 e. The molecule has 0 saturated carbocycles. The molecule has 1 unspecified atom stereocenters. The van der Waals surface area contributed by atoms with E-state index in [4.69, 9.17) is 0 Å². The fourth-order valence-corrected chi connectivity index (χ4v) is 6.20. The van der Waals surface area contributed by atoms with Crippen LogP contribution in [0.25, 0.3) is 22.3 Å². The lowest BCUT2D eigenvalue weighted by atomic mass is 9.77. The number of hydrogen-bond donors (Lipinski definition) is 0. The molecule has 0 fully saturated rings. The zero-order valence-corrected chi connectivity index (χ0v) is 22.7. The maximum atomic E-state index is 2.55. The van der Waals surface area contributed by atoms with E-state index >= 15 is 0 Å². The van der Waals surface area contributed by atoms with Crippen LogP contribution in [-0.4, -0.2) is 0 Å². The minimum atomic E-state index is 0.118. The van der Waals surface area contributed by atoms with Gasteiger partial charge in [0.25, 0.3) is 0 Å². The Bertz CT molecular complexity index is 1240. The van der Waals surface area contributed by atoms with E-state index in [2.05, 4.69) is 108 Å². The number of rotatable bonds is 5. The molecule has 5 rings (SSSR count). The molecule has 0 saturated heterocycles. The first kappa shape index (κ1) is 24.1. The van der Waals surface area contributed by atoms with Crippen LogP contribution in [0.5, 0.6) is 0 Å². The van der Waals surface area contributed by atoms with Gasteiger partial charge in [-0.05, 0) is 111 Å². The first-order valence-electron chi connectivity index (χ1n) is 13.7. The van der Waals surface area contributed by atoms with Crippen LogP contribution in [0.2, 0.25) is 0 Å². The Hall–Kier alpha value is -2.60. The molecule has 0 heterocycles. The van der Waals surface area contributed by atoms with E-state index in [0.717, 1.165) is 12.3 Å². The normalized spacial score (nSPS) is 17.0. The highest BCUT2D eigenvalue weighted by molar-refractivity contribution is 5.92. The summed E-state index contributed by atoms with van der Waals surface area (Å²) in [7, 11) is 0. The van der Waals surface area contributed by atoms with E-state index in [0.29, 0.717) is 0 Å². The topological polar surface area (TPSA) is 0 Å². The van der Waals surface area contributed by atoms with Gasteiger partial charge in [0, 0.05) is 0 Å². The van der Waals surface area contributed by atoms with Crippen molar-refractivity contribution >= 4 is 0 Å². The van der Waals surface area contributed by atoms with Crippen LogP contribution in [0.1, 0.15) is 95.0 Å². The standard InChI is InChI=1S/C35H42/c1-34(2,3)27-19-20-28-26(21-27)22-31-29(18-12-15-24-13-10-11-14-24)32(35(4,5)6)23-30(33(28)31)25-16-8-7-9-17-25/h7-10,13,16-17,19-21,23-24H,11-12,14-15,18,22H2,1-6H3. The molecule has 0 aromatic heterocycles. The number of allylic oxidation sites excluding steroid dienone is 2. The Morgan fingerprint density at radius 2 is 1.60 bits per heavy atom. The van der Waals surface area contributed by atoms with Gasteiger partial charge in [0.1, 0.15) is 0 Å². The fraction of sp³-hybridized carbons (Fsp3) is 0.429. The predicted molar refractivity (Wildman–Crippen MR) is 152 cm³/mol. The minimum Gasteiger partial charge on any atom is -0.0882 e. The van der Waals surface area contributed by atoms with Crippen molar-refractivity contribution in [2.24, 2.45) is 5.92 Å². The summed E-state index contributed by atoms with van der Waals surface area (Å²) in [5.74, 6) is 0.788. The maximum absolute atomic E-state index is 2.55. The molecule has 3 aromatic rings. The molecule has 0 aliphatic heterocycles. The Kier molecular flexibility index (Phi) is 6.28. The van der Waals surface area contributed by atoms with Crippen molar-refractivity contribution in [2.45, 2.75) is 90.9 Å². The van der Waals surface area contributed by atoms with Gasteiger partial charge in [-0.25, -0.2) is 0 Å². The van der Waals surface area contributed by atoms with Crippen LogP contribution in [0.4, 0.5) is 0 Å². The van der Waals surface area contributed by atoms with Crippen LogP contribution >= 0.6 is 0 Å². The van der Waals surface area contributed by atoms with Gasteiger partial charge in [-0.2, -0.15) is 0 Å². The Morgan fingerprint density at radius 3 is 2.26 bits per heavy atom. The van der Waals surface area contributed by atoms with Gasteiger partial charge >= 0.3 is 0 Å². The first-order valence-corrected chi connectivity index (χ1v) is 13.7. The molecule has 35 heavy (non-hydrogen) atoms. The van der Waals surface area contributed by atoms with Crippen LogP contribution in [-0.2, 0) is 23.7 Å². The highest BCUT2D eigenvalue weighted by Crippen LogP contribution is 2.48. The van der Waals surface area contributed by atoms with Crippen molar-refractivity contribution in [3.63, 3.8) is 0 Å². The molecule has 0 radical (unpaired) electrons. The molecule has 0 bridgehead atoms. The Labute approximate surface area is 213 Å². The lowest BCUT2D eigenvalue weighted by molar-refractivity contribution is 0.540. The van der Waals surface area contributed by atoms with Gasteiger partial charge in [0.05, 0.1) is 0 Å². The average Bonchev–Trinajstić information content (AvgIpc) is 3.46. The quantitative estimate of drug-likeness (QED) is 0.259. The van der Waals surface area contributed by atoms with E-state index in [1.165, 1.54) is 65.5 Å². The van der Waals surface area contributed by atoms with Gasteiger partial charge in [-0.1, -0.05) is 102 Å². The molecule has 1 atom stereocenters. The summed E-state index contributed by atoms with van der Waals surface area (Å²) in [6, 6.07) is 20.9. The van der Waals surface area contributed by atoms with Gasteiger partial charge in [-0.3, -0.25) is 0 Å². The summed E-state index contributed by atoms with van der Waals surface area (Å²) in [4.78, 5) is 0. The van der Waals surface area contributed by atoms with E-state index in [1.54, 1.807) is 16.7 Å². The van der Waals surface area contributed by atoms with E-state index in [9.17, 15) is 0 Å². The smallest absolute Gasteiger partial charge is 0.00103 e. The molecule has 0 amide bonds. The van der Waals surface area contributed by atoms with Gasteiger partial charge in [0.2, 0.25) is 0 Å². The summed E-state index contributed by atoms with van der Waals surface area (Å²) in [5.41, 5.74) is 13.7. The summed E-state index contributed by atoms with van der Waals surface area (Å²) in [6.45, 7) is 14.2. The average molecular weight is 463 g/mol. The lowest BCUT2D eigenvalue weighted by Gasteiger charge is -2.28. The molecular weight excluding hydrogens is 420 g/mol. The van der Waals surface area contributed by atoms with Crippen LogP contribution in [0, 0.1) is 5.92 Å². The lowest BCUT2D eigenvalue weighted by Crippen LogP contribution is -2.17. The summed E-state index contributed by atoms with van der Waals surface area (Å²) in [6.07, 6.45) is 12.3. The Morgan fingerprint density at radius 1 is 0.829 bits per heavy atom. The molecule has 0 heteroatoms. The second-order valence-corrected chi connectivity index (χ2v) is 12.9. The number of fused-ring (bicyclic) bond motifs is 3. The molecule has 2 aliphatic carbocycles. The van der Waals surface area contributed by atoms with Crippen molar-refractivity contribution in [2.75, 3.05) is 0 Å². The molecule has 0 spiro atoms. The molecule has 0 nitrogen and oxygen atoms in total. The third-order valence-corrected chi connectivity index (χ3v) is 8.16. The third-order valence-electron chi connectivity index (χ3n) is 8.16.